The number of amides is 1. The van der Waals surface area contributed by atoms with Crippen molar-refractivity contribution in [2.75, 3.05) is 13.2 Å². The second-order valence-corrected chi connectivity index (χ2v) is 4.19. The Balaban J connectivity index is 2.72. The number of ether oxygens (including phenoxy) is 1. The molecule has 1 atom stereocenters. The number of alkyl carbamates (subject to hydrolysis) is 1. The Labute approximate surface area is 123 Å². The summed E-state index contributed by atoms with van der Waals surface area (Å²) in [7, 11) is 0. The number of alkyl halides is 3. The number of carboxylic acids is 1. The van der Waals surface area contributed by atoms with Gasteiger partial charge in [-0.05, 0) is 6.42 Å². The molecule has 1 rings (SSSR count). The Morgan fingerprint density at radius 1 is 1.55 bits per heavy atom. The molecular formula is C12H14F3N3O4. The molecule has 0 aliphatic rings. The van der Waals surface area contributed by atoms with Gasteiger partial charge in [-0.15, -0.1) is 0 Å². The molecule has 0 aromatic carbocycles. The number of carbonyl (C=O) groups excluding carboxylic acids is 1. The smallest absolute Gasteiger partial charge is 0.433 e. The van der Waals surface area contributed by atoms with Crippen LogP contribution in [0.15, 0.2) is 18.9 Å². The van der Waals surface area contributed by atoms with Gasteiger partial charge in [-0.3, -0.25) is 9.89 Å². The quantitative estimate of drug-likeness (QED) is 0.665. The van der Waals surface area contributed by atoms with E-state index in [4.69, 9.17) is 5.11 Å². The van der Waals surface area contributed by atoms with Crippen LogP contribution in [0.3, 0.4) is 0 Å². The number of halogens is 3. The molecule has 0 radical (unpaired) electrons. The summed E-state index contributed by atoms with van der Waals surface area (Å²) in [6, 6.07) is 0. The SMILES string of the molecule is C=CCOC(=O)NCCC(C(=O)O)c1cn[nH]c1C(F)(F)F. The fraction of sp³-hybridized carbons (Fsp3) is 0.417. The van der Waals surface area contributed by atoms with Crippen LogP contribution in [0.4, 0.5) is 18.0 Å². The van der Waals surface area contributed by atoms with E-state index in [1.54, 1.807) is 5.10 Å². The molecule has 0 bridgehead atoms. The molecule has 0 aliphatic carbocycles. The number of H-pyrrole nitrogens is 1. The summed E-state index contributed by atoms with van der Waals surface area (Å²) in [6.07, 6.45) is -3.65. The van der Waals surface area contributed by atoms with Gasteiger partial charge in [0, 0.05) is 12.1 Å². The maximum absolute atomic E-state index is 12.7. The minimum Gasteiger partial charge on any atom is -0.481 e. The molecule has 0 fully saturated rings. The first-order chi connectivity index (χ1) is 10.3. The van der Waals surface area contributed by atoms with Gasteiger partial charge in [-0.2, -0.15) is 18.3 Å². The van der Waals surface area contributed by atoms with Crippen LogP contribution in [0.5, 0.6) is 0 Å². The number of hydrogen-bond donors (Lipinski definition) is 3. The fourth-order valence-electron chi connectivity index (χ4n) is 1.70. The summed E-state index contributed by atoms with van der Waals surface area (Å²) in [6.45, 7) is 3.13. The zero-order chi connectivity index (χ0) is 16.8. The van der Waals surface area contributed by atoms with Gasteiger partial charge in [0.05, 0.1) is 12.1 Å². The molecule has 122 valence electrons. The topological polar surface area (TPSA) is 104 Å². The van der Waals surface area contributed by atoms with Gasteiger partial charge in [0.25, 0.3) is 0 Å². The molecule has 0 saturated carbocycles. The van der Waals surface area contributed by atoms with Crippen molar-refractivity contribution < 1.29 is 32.6 Å². The van der Waals surface area contributed by atoms with Crippen LogP contribution in [-0.4, -0.2) is 40.5 Å². The predicted octanol–water partition coefficient (Wildman–Crippen LogP) is 1.90. The highest BCUT2D eigenvalue weighted by atomic mass is 19.4. The van der Waals surface area contributed by atoms with E-state index in [0.29, 0.717) is 0 Å². The van der Waals surface area contributed by atoms with Crippen LogP contribution in [0, 0.1) is 0 Å². The highest BCUT2D eigenvalue weighted by Crippen LogP contribution is 2.34. The highest BCUT2D eigenvalue weighted by molar-refractivity contribution is 5.76. The maximum Gasteiger partial charge on any atom is 0.433 e. The van der Waals surface area contributed by atoms with Crippen molar-refractivity contribution in [1.82, 2.24) is 15.5 Å². The van der Waals surface area contributed by atoms with Crippen LogP contribution in [0.2, 0.25) is 0 Å². The number of carboxylic acid groups (broad SMARTS) is 1. The van der Waals surface area contributed by atoms with Crippen molar-refractivity contribution >= 4 is 12.1 Å². The van der Waals surface area contributed by atoms with E-state index < -0.39 is 35.4 Å². The van der Waals surface area contributed by atoms with Gasteiger partial charge < -0.3 is 15.2 Å². The zero-order valence-corrected chi connectivity index (χ0v) is 11.3. The summed E-state index contributed by atoms with van der Waals surface area (Å²) in [5.41, 5.74) is -1.70. The molecule has 3 N–H and O–H groups in total. The lowest BCUT2D eigenvalue weighted by Gasteiger charge is -2.14. The Morgan fingerprint density at radius 3 is 2.77 bits per heavy atom. The third kappa shape index (κ3) is 4.79. The molecule has 1 heterocycles. The first kappa shape index (κ1) is 17.5. The Morgan fingerprint density at radius 2 is 2.23 bits per heavy atom. The third-order valence-corrected chi connectivity index (χ3v) is 2.66. The lowest BCUT2D eigenvalue weighted by atomic mass is 9.96. The van der Waals surface area contributed by atoms with Crippen molar-refractivity contribution in [3.63, 3.8) is 0 Å². The van der Waals surface area contributed by atoms with Crippen LogP contribution < -0.4 is 5.32 Å². The van der Waals surface area contributed by atoms with E-state index in [1.807, 2.05) is 0 Å². The van der Waals surface area contributed by atoms with Crippen molar-refractivity contribution in [1.29, 1.82) is 0 Å². The van der Waals surface area contributed by atoms with E-state index in [1.165, 1.54) is 6.08 Å². The molecule has 7 nitrogen and oxygen atoms in total. The van der Waals surface area contributed by atoms with Crippen LogP contribution in [0.25, 0.3) is 0 Å². The molecule has 1 amide bonds. The van der Waals surface area contributed by atoms with Crippen molar-refractivity contribution in [2.24, 2.45) is 0 Å². The first-order valence-electron chi connectivity index (χ1n) is 6.12. The Hall–Kier alpha value is -2.52. The van der Waals surface area contributed by atoms with Gasteiger partial charge >= 0.3 is 18.2 Å². The molecular weight excluding hydrogens is 307 g/mol. The van der Waals surface area contributed by atoms with E-state index in [0.717, 1.165) is 6.20 Å². The van der Waals surface area contributed by atoms with Crippen molar-refractivity contribution in [2.45, 2.75) is 18.5 Å². The number of aromatic amines is 1. The summed E-state index contributed by atoms with van der Waals surface area (Å²) < 4.78 is 42.8. The third-order valence-electron chi connectivity index (χ3n) is 2.66. The van der Waals surface area contributed by atoms with E-state index >= 15 is 0 Å². The second kappa shape index (κ2) is 7.48. The Kier molecular flexibility index (Phi) is 5.96. The lowest BCUT2D eigenvalue weighted by molar-refractivity contribution is -0.143. The average Bonchev–Trinajstić information content (AvgIpc) is 2.89. The van der Waals surface area contributed by atoms with E-state index in [9.17, 15) is 22.8 Å². The number of carbonyl (C=O) groups is 2. The molecule has 0 spiro atoms. The highest BCUT2D eigenvalue weighted by Gasteiger charge is 2.39. The maximum atomic E-state index is 12.7. The fourth-order valence-corrected chi connectivity index (χ4v) is 1.70. The van der Waals surface area contributed by atoms with Gasteiger partial charge in [0.2, 0.25) is 0 Å². The van der Waals surface area contributed by atoms with Crippen LogP contribution in [0.1, 0.15) is 23.6 Å². The number of nitrogens with one attached hydrogen (secondary N) is 2. The summed E-state index contributed by atoms with van der Waals surface area (Å²) in [4.78, 5) is 22.3. The number of aromatic nitrogens is 2. The second-order valence-electron chi connectivity index (χ2n) is 4.19. The molecule has 22 heavy (non-hydrogen) atoms. The minimum absolute atomic E-state index is 0.0336. The number of aliphatic carboxylic acids is 1. The molecule has 1 unspecified atom stereocenters. The van der Waals surface area contributed by atoms with Gasteiger partial charge in [0.1, 0.15) is 12.3 Å². The summed E-state index contributed by atoms with van der Waals surface area (Å²) >= 11 is 0. The van der Waals surface area contributed by atoms with Gasteiger partial charge in [-0.1, -0.05) is 12.7 Å². The minimum atomic E-state index is -4.74. The molecule has 0 saturated heterocycles. The van der Waals surface area contributed by atoms with E-state index in [2.05, 4.69) is 21.7 Å². The Bertz CT molecular complexity index is 542. The number of nitrogens with zero attached hydrogens (tertiary/aromatic N) is 1. The predicted molar refractivity (Wildman–Crippen MR) is 68.1 cm³/mol. The normalized spacial score (nSPS) is 12.5. The summed E-state index contributed by atoms with van der Waals surface area (Å²) in [5.74, 6) is -2.91. The largest absolute Gasteiger partial charge is 0.481 e. The van der Waals surface area contributed by atoms with Crippen LogP contribution >= 0.6 is 0 Å². The molecule has 1 aromatic rings. The number of hydrogen-bond acceptors (Lipinski definition) is 4. The average molecular weight is 321 g/mol. The summed E-state index contributed by atoms with van der Waals surface area (Å²) in [5, 5.41) is 16.3. The first-order valence-corrected chi connectivity index (χ1v) is 6.12. The van der Waals surface area contributed by atoms with Crippen molar-refractivity contribution in [3.8, 4) is 0 Å². The van der Waals surface area contributed by atoms with Crippen LogP contribution in [-0.2, 0) is 15.7 Å². The molecule has 1 aromatic heterocycles. The molecule has 10 heteroatoms. The van der Waals surface area contributed by atoms with E-state index in [-0.39, 0.29) is 19.6 Å². The standard InChI is InChI=1S/C12H14F3N3O4/c1-2-5-22-11(21)16-4-3-7(10(19)20)8-6-17-18-9(8)12(13,14)15/h2,6-7H,1,3-5H2,(H,16,21)(H,17,18)(H,19,20). The number of rotatable bonds is 7. The van der Waals surface area contributed by atoms with Crippen molar-refractivity contribution in [3.05, 3.63) is 30.1 Å². The molecule has 0 aliphatic heterocycles. The monoisotopic (exact) mass is 321 g/mol. The van der Waals surface area contributed by atoms with Gasteiger partial charge in [0.15, 0.2) is 0 Å². The van der Waals surface area contributed by atoms with Gasteiger partial charge in [-0.25, -0.2) is 4.79 Å². The zero-order valence-electron chi connectivity index (χ0n) is 11.3. The lowest BCUT2D eigenvalue weighted by Crippen LogP contribution is -2.28.